The molecule has 1 aliphatic rings. The molecule has 182 valence electrons. The summed E-state index contributed by atoms with van der Waals surface area (Å²) >= 11 is 0. The van der Waals surface area contributed by atoms with Crippen LogP contribution < -0.4 is 19.6 Å². The van der Waals surface area contributed by atoms with E-state index in [2.05, 4.69) is 48.5 Å². The van der Waals surface area contributed by atoms with Gasteiger partial charge in [0.15, 0.2) is 11.5 Å². The molecule has 5 heteroatoms. The normalized spacial score (nSPS) is 15.4. The van der Waals surface area contributed by atoms with Crippen molar-refractivity contribution in [2.75, 3.05) is 34.4 Å². The number of hydrogen-bond acceptors (Lipinski definition) is 5. The van der Waals surface area contributed by atoms with Crippen LogP contribution in [-0.2, 0) is 19.3 Å². The second-order valence-electron chi connectivity index (χ2n) is 9.05. The van der Waals surface area contributed by atoms with Crippen molar-refractivity contribution in [1.82, 2.24) is 10.4 Å². The van der Waals surface area contributed by atoms with E-state index < -0.39 is 0 Å². The van der Waals surface area contributed by atoms with Crippen molar-refractivity contribution in [1.29, 1.82) is 0 Å². The summed E-state index contributed by atoms with van der Waals surface area (Å²) in [6.07, 6.45) is 9.29. The van der Waals surface area contributed by atoms with Gasteiger partial charge in [-0.2, -0.15) is 0 Å². The fourth-order valence-electron chi connectivity index (χ4n) is 4.97. The lowest BCUT2D eigenvalue weighted by Gasteiger charge is -2.36. The highest BCUT2D eigenvalue weighted by Crippen LogP contribution is 2.38. The van der Waals surface area contributed by atoms with Gasteiger partial charge in [0.25, 0.3) is 0 Å². The van der Waals surface area contributed by atoms with E-state index in [1.807, 2.05) is 6.07 Å². The second kappa shape index (κ2) is 12.9. The molecule has 0 saturated carbocycles. The van der Waals surface area contributed by atoms with Gasteiger partial charge in [-0.15, -0.1) is 0 Å². The number of hydrogen-bond donors (Lipinski definition) is 1. The average Bonchev–Trinajstić information content (AvgIpc) is 2.84. The Kier molecular flexibility index (Phi) is 9.89. The van der Waals surface area contributed by atoms with E-state index in [0.717, 1.165) is 56.0 Å². The molecular formula is C28H42N2O3. The lowest BCUT2D eigenvalue weighted by molar-refractivity contribution is 0.109. The van der Waals surface area contributed by atoms with Crippen LogP contribution in [0.5, 0.6) is 17.2 Å². The molecule has 1 unspecified atom stereocenters. The van der Waals surface area contributed by atoms with Crippen LogP contribution in [0.2, 0.25) is 0 Å². The highest BCUT2D eigenvalue weighted by molar-refractivity contribution is 5.52. The van der Waals surface area contributed by atoms with Crippen molar-refractivity contribution < 1.29 is 14.2 Å². The monoisotopic (exact) mass is 454 g/mol. The Morgan fingerprint density at radius 1 is 0.970 bits per heavy atom. The van der Waals surface area contributed by atoms with Gasteiger partial charge in [0.2, 0.25) is 0 Å². The summed E-state index contributed by atoms with van der Waals surface area (Å²) in [5.41, 5.74) is 9.03. The number of fused-ring (bicyclic) bond motifs is 1. The van der Waals surface area contributed by atoms with Crippen LogP contribution in [0.3, 0.4) is 0 Å². The fourth-order valence-corrected chi connectivity index (χ4v) is 4.97. The molecule has 33 heavy (non-hydrogen) atoms. The number of benzene rings is 2. The number of methoxy groups -OCH3 is 3. The van der Waals surface area contributed by atoms with Crippen molar-refractivity contribution in [3.8, 4) is 17.2 Å². The van der Waals surface area contributed by atoms with Gasteiger partial charge in [-0.25, -0.2) is 5.01 Å². The molecule has 0 spiro atoms. The molecule has 1 N–H and O–H groups in total. The van der Waals surface area contributed by atoms with Crippen LogP contribution in [-0.4, -0.2) is 45.5 Å². The van der Waals surface area contributed by atoms with Crippen molar-refractivity contribution >= 4 is 0 Å². The number of ether oxygens (including phenoxy) is 3. The van der Waals surface area contributed by atoms with Crippen LogP contribution in [0, 0.1) is 6.92 Å². The number of aryl methyl sites for hydroxylation is 1. The molecule has 2 aromatic carbocycles. The molecule has 5 nitrogen and oxygen atoms in total. The average molecular weight is 455 g/mol. The fraction of sp³-hybridized carbons (Fsp3) is 0.571. The summed E-state index contributed by atoms with van der Waals surface area (Å²) < 4.78 is 16.6. The Bertz CT molecular complexity index is 884. The molecule has 0 aliphatic heterocycles. The van der Waals surface area contributed by atoms with Gasteiger partial charge >= 0.3 is 0 Å². The van der Waals surface area contributed by atoms with E-state index in [4.69, 9.17) is 14.2 Å². The standard InChI is InChI=1S/C28H42N2O3/c1-6-7-8-9-18-30(29-17-16-22-10-14-26(31-3)21(2)19-22)24-12-13-25-23(20-24)11-15-27(32-4)28(25)33-5/h10-11,14-15,19,24,29H,6-9,12-13,16-18,20H2,1-5H3. The maximum Gasteiger partial charge on any atom is 0.164 e. The first-order valence-corrected chi connectivity index (χ1v) is 12.5. The zero-order chi connectivity index (χ0) is 23.6. The van der Waals surface area contributed by atoms with Crippen LogP contribution in [0.15, 0.2) is 30.3 Å². The van der Waals surface area contributed by atoms with Gasteiger partial charge in [0.1, 0.15) is 5.75 Å². The first-order chi connectivity index (χ1) is 16.1. The first kappa shape index (κ1) is 25.4. The largest absolute Gasteiger partial charge is 0.496 e. The van der Waals surface area contributed by atoms with Crippen LogP contribution in [0.4, 0.5) is 0 Å². The number of nitrogens with zero attached hydrogens (tertiary/aromatic N) is 1. The highest BCUT2D eigenvalue weighted by Gasteiger charge is 2.27. The molecular weight excluding hydrogens is 412 g/mol. The van der Waals surface area contributed by atoms with Crippen molar-refractivity contribution in [2.24, 2.45) is 0 Å². The van der Waals surface area contributed by atoms with E-state index in [9.17, 15) is 0 Å². The number of nitrogens with one attached hydrogen (secondary N) is 1. The van der Waals surface area contributed by atoms with Crippen molar-refractivity contribution in [3.05, 3.63) is 52.6 Å². The van der Waals surface area contributed by atoms with Gasteiger partial charge in [-0.05, 0) is 67.9 Å². The maximum absolute atomic E-state index is 5.70. The zero-order valence-electron chi connectivity index (χ0n) is 21.2. The minimum atomic E-state index is 0.495. The lowest BCUT2D eigenvalue weighted by atomic mass is 9.87. The summed E-state index contributed by atoms with van der Waals surface area (Å²) in [4.78, 5) is 0. The summed E-state index contributed by atoms with van der Waals surface area (Å²) in [6.45, 7) is 6.41. The summed E-state index contributed by atoms with van der Waals surface area (Å²) in [5.74, 6) is 2.70. The first-order valence-electron chi connectivity index (χ1n) is 12.5. The predicted octanol–water partition coefficient (Wildman–Crippen LogP) is 5.51. The SMILES string of the molecule is CCCCCCN(NCCc1ccc(OC)c(C)c1)C1CCc2c(ccc(OC)c2OC)C1. The number of hydrazine groups is 1. The Balaban J connectivity index is 1.65. The molecule has 1 aliphatic carbocycles. The van der Waals surface area contributed by atoms with Crippen molar-refractivity contribution in [2.45, 2.75) is 71.3 Å². The van der Waals surface area contributed by atoms with Crippen LogP contribution >= 0.6 is 0 Å². The van der Waals surface area contributed by atoms with Gasteiger partial charge in [0.05, 0.1) is 21.3 Å². The predicted molar refractivity (Wildman–Crippen MR) is 136 cm³/mol. The Morgan fingerprint density at radius 2 is 1.76 bits per heavy atom. The third-order valence-corrected chi connectivity index (χ3v) is 6.81. The Morgan fingerprint density at radius 3 is 2.45 bits per heavy atom. The summed E-state index contributed by atoms with van der Waals surface area (Å²) in [7, 11) is 5.18. The molecule has 0 radical (unpaired) electrons. The smallest absolute Gasteiger partial charge is 0.164 e. The quantitative estimate of drug-likeness (QED) is 0.319. The van der Waals surface area contributed by atoms with E-state index >= 15 is 0 Å². The molecule has 0 heterocycles. The van der Waals surface area contributed by atoms with E-state index in [1.54, 1.807) is 21.3 Å². The second-order valence-corrected chi connectivity index (χ2v) is 9.05. The molecule has 3 rings (SSSR count). The third-order valence-electron chi connectivity index (χ3n) is 6.81. The molecule has 0 saturated heterocycles. The maximum atomic E-state index is 5.70. The molecule has 0 aromatic heterocycles. The third kappa shape index (κ3) is 6.64. The van der Waals surface area contributed by atoms with E-state index in [1.165, 1.54) is 47.9 Å². The van der Waals surface area contributed by atoms with E-state index in [-0.39, 0.29) is 0 Å². The highest BCUT2D eigenvalue weighted by atomic mass is 16.5. The van der Waals surface area contributed by atoms with Crippen molar-refractivity contribution in [3.63, 3.8) is 0 Å². The van der Waals surface area contributed by atoms with Gasteiger partial charge in [-0.3, -0.25) is 5.43 Å². The Labute approximate surface area is 200 Å². The molecule has 1 atom stereocenters. The molecule has 0 amide bonds. The minimum Gasteiger partial charge on any atom is -0.496 e. The number of rotatable bonds is 13. The number of unbranched alkanes of at least 4 members (excludes halogenated alkanes) is 3. The lowest BCUT2D eigenvalue weighted by Crippen LogP contribution is -2.49. The van der Waals surface area contributed by atoms with Gasteiger partial charge in [-0.1, -0.05) is 44.4 Å². The Hall–Kier alpha value is -2.24. The van der Waals surface area contributed by atoms with Crippen LogP contribution in [0.1, 0.15) is 61.3 Å². The zero-order valence-corrected chi connectivity index (χ0v) is 21.2. The molecule has 2 aromatic rings. The topological polar surface area (TPSA) is 43.0 Å². The van der Waals surface area contributed by atoms with Crippen LogP contribution in [0.25, 0.3) is 0 Å². The molecule has 0 bridgehead atoms. The summed E-state index contributed by atoms with van der Waals surface area (Å²) in [6, 6.07) is 11.3. The summed E-state index contributed by atoms with van der Waals surface area (Å²) in [5, 5.41) is 2.52. The van der Waals surface area contributed by atoms with E-state index in [0.29, 0.717) is 6.04 Å². The van der Waals surface area contributed by atoms with Gasteiger partial charge in [0, 0.05) is 24.7 Å². The minimum absolute atomic E-state index is 0.495. The molecule has 0 fully saturated rings. The van der Waals surface area contributed by atoms with Gasteiger partial charge < -0.3 is 14.2 Å².